The monoisotopic (exact) mass is 1600 g/mol. The smallest absolute Gasteiger partial charge is 0.419 e. The van der Waals surface area contributed by atoms with Crippen LogP contribution in [0.5, 0.6) is 5.75 Å². The predicted octanol–water partition coefficient (Wildman–Crippen LogP) is 4.22. The molecule has 3 aliphatic carbocycles. The quantitative estimate of drug-likeness (QED) is 0.128. The second kappa shape index (κ2) is 37.6. The van der Waals surface area contributed by atoms with Crippen LogP contribution in [0.4, 0.5) is 13.2 Å². The van der Waals surface area contributed by atoms with Crippen molar-refractivity contribution in [2.75, 3.05) is 96.3 Å². The number of hydrogen-bond acceptors (Lipinski definition) is 18. The highest BCUT2D eigenvalue weighted by Gasteiger charge is 2.59. The van der Waals surface area contributed by atoms with E-state index >= 15 is 33.6 Å². The van der Waals surface area contributed by atoms with Gasteiger partial charge in [0.25, 0.3) is 0 Å². The van der Waals surface area contributed by atoms with Crippen molar-refractivity contribution in [2.24, 2.45) is 23.2 Å². The number of benzene rings is 2. The van der Waals surface area contributed by atoms with Crippen molar-refractivity contribution in [2.45, 2.75) is 217 Å². The van der Waals surface area contributed by atoms with E-state index in [4.69, 9.17) is 14.2 Å². The second-order valence-electron chi connectivity index (χ2n) is 32.7. The molecule has 2 saturated carbocycles. The Hall–Kier alpha value is -9.82. The van der Waals surface area contributed by atoms with Gasteiger partial charge in [0.05, 0.1) is 44.7 Å². The number of likely N-dealkylation sites (N-methyl/N-ethyl adjacent to an activating group) is 7. The molecule has 2 saturated heterocycles. The summed E-state index contributed by atoms with van der Waals surface area (Å²) < 4.78 is 59.5. The number of halogens is 3. The summed E-state index contributed by atoms with van der Waals surface area (Å²) in [5.41, 5.74) is -3.30. The Morgan fingerprint density at radius 1 is 0.702 bits per heavy atom. The van der Waals surface area contributed by atoms with Gasteiger partial charge in [0.15, 0.2) is 0 Å². The fourth-order valence-corrected chi connectivity index (χ4v) is 16.8. The molecule has 30 nitrogen and oxygen atoms in total. The Bertz CT molecular complexity index is 3990. The summed E-state index contributed by atoms with van der Waals surface area (Å²) in [5, 5.41) is 8.55. The van der Waals surface area contributed by atoms with E-state index in [1.807, 2.05) is 27.7 Å². The van der Waals surface area contributed by atoms with Gasteiger partial charge >= 0.3 is 12.1 Å². The summed E-state index contributed by atoms with van der Waals surface area (Å²) in [4.78, 5) is 235. The summed E-state index contributed by atoms with van der Waals surface area (Å²) in [6.07, 6.45) is -4.25. The van der Waals surface area contributed by atoms with E-state index in [0.29, 0.717) is 32.1 Å². The molecule has 8 rings (SSSR count). The van der Waals surface area contributed by atoms with Crippen LogP contribution in [-0.2, 0) is 84.4 Å². The van der Waals surface area contributed by atoms with E-state index in [1.165, 1.54) is 83.4 Å². The number of carbonyl (C=O) groups excluding carboxylic acids is 15. The van der Waals surface area contributed by atoms with E-state index in [9.17, 15) is 51.5 Å². The standard InChI is InChI=1S/C81H113F3N12O18/c1-17-47(5)65-76(109)90(11)43-63(99)91(12)55-30-20-19-25-35-95(75(55)108)59(40-64(100)114-69-67(101)51-28-23-24-29-52(51)68(69)102)74(107)89(10)42-61(97)85-54(34-32-48-31-33-53(81(82,83)84)60(37-48)112-16)72(105)96-41-50(113-18-2)38-57(96)71(104)87-80(44-79(6,7)45-80)78(111)94(15)66(49-26-21-22-27-49)77(110)93(14)58(73(106)88(8)9)39-62(98)92(13)56(36-46(3)4)70(103)86-65/h19-20,23-24,28-29,31,33,37,46-47,49-50,54-59,65-66,69H,17-18,21-22,25-27,30,32,34-36,38-45H2,1-16H3,(H,85,97)(H,86,103)(H,87,104)/b20-19-/t47-,50+,54+,55?,56-,57+,58+,59-,65?,66+/m0/s1. The Balaban J connectivity index is 1.24. The van der Waals surface area contributed by atoms with Crippen LogP contribution in [0.1, 0.15) is 170 Å². The number of ether oxygens (including phenoxy) is 3. The number of nitrogens with zero attached hydrogens (tertiary/aromatic N) is 9. The van der Waals surface area contributed by atoms with Crippen LogP contribution in [0.3, 0.4) is 0 Å². The van der Waals surface area contributed by atoms with Gasteiger partial charge in [0, 0.05) is 93.6 Å². The van der Waals surface area contributed by atoms with Crippen LogP contribution in [0, 0.1) is 23.2 Å². The summed E-state index contributed by atoms with van der Waals surface area (Å²) in [6.45, 7) is 10.4. The first-order valence-electron chi connectivity index (χ1n) is 39.2. The average Bonchev–Trinajstić information content (AvgIpc) is 0.786. The SMILES string of the molecule is CCO[C@@H]1C[C@@H]2C(=O)NC3(CC(C)(C)C3)C(=O)N(C)[C@H](C3CCCC3)C(=O)N(C)[C@@H](C(=O)N(C)C)CC(=O)N(C)[C@@H](CC(C)C)C(=O)NC([C@@H](C)CC)C(=O)N(C)CC(=O)N(C)C3C/C=C\CCN(C3=O)[C@@H](CC(=O)OC3C(=O)c4ccccc4C3=O)C(=O)N(C)CC(=O)N[C@H](CCc3ccc(C(F)(F)F)c(OC)c3)C(=O)N2C1. The van der Waals surface area contributed by atoms with Crippen molar-refractivity contribution in [3.05, 3.63) is 76.9 Å². The van der Waals surface area contributed by atoms with E-state index in [2.05, 4.69) is 16.0 Å². The molecule has 0 aromatic heterocycles. The third-order valence-corrected chi connectivity index (χ3v) is 23.1. The minimum atomic E-state index is -4.84. The molecule has 3 aliphatic heterocycles. The van der Waals surface area contributed by atoms with Crippen LogP contribution < -0.4 is 20.7 Å². The van der Waals surface area contributed by atoms with Gasteiger partial charge in [-0.1, -0.05) is 103 Å². The average molecular weight is 1600 g/mol. The van der Waals surface area contributed by atoms with Crippen LogP contribution in [0.15, 0.2) is 54.6 Å². The lowest BCUT2D eigenvalue weighted by Crippen LogP contribution is -2.71. The number of alkyl halides is 3. The van der Waals surface area contributed by atoms with Crippen molar-refractivity contribution < 1.29 is 99.3 Å². The third kappa shape index (κ3) is 20.4. The fraction of sp³-hybridized carbons (Fsp3) is 0.642. The normalized spacial score (nSPS) is 26.2. The number of Topliss-reactive ketones (excluding diaryl/α,β-unsaturated/α-hetero) is 2. The molecule has 3 heterocycles. The first-order chi connectivity index (χ1) is 53.5. The van der Waals surface area contributed by atoms with Crippen LogP contribution >= 0.6 is 0 Å². The number of hydrogen-bond donors (Lipinski definition) is 3. The summed E-state index contributed by atoms with van der Waals surface area (Å²) >= 11 is 0. The molecule has 33 heteroatoms. The number of fused-ring (bicyclic) bond motifs is 4. The predicted molar refractivity (Wildman–Crippen MR) is 409 cm³/mol. The zero-order chi connectivity index (χ0) is 84.5. The lowest BCUT2D eigenvalue weighted by Gasteiger charge is -2.54. The Kier molecular flexibility index (Phi) is 29.6. The second-order valence-corrected chi connectivity index (χ2v) is 32.7. The van der Waals surface area contributed by atoms with E-state index < -0.39 is 215 Å². The molecule has 0 radical (unpaired) electrons. The number of carbonyl (C=O) groups is 15. The van der Waals surface area contributed by atoms with E-state index in [0.717, 1.165) is 66.7 Å². The summed E-state index contributed by atoms with van der Waals surface area (Å²) in [6, 6.07) is -3.12. The highest BCUT2D eigenvalue weighted by Crippen LogP contribution is 2.50. The molecule has 3 N–H and O–H groups in total. The van der Waals surface area contributed by atoms with Gasteiger partial charge in [-0.3, -0.25) is 71.9 Å². The molecule has 1 spiro atoms. The summed E-state index contributed by atoms with van der Waals surface area (Å²) in [7, 11) is 11.8. The van der Waals surface area contributed by atoms with Gasteiger partial charge in [0.2, 0.25) is 88.6 Å². The largest absolute Gasteiger partial charge is 0.496 e. The number of amides is 12. The third-order valence-electron chi connectivity index (χ3n) is 23.1. The molecule has 6 aliphatic rings. The Labute approximate surface area is 664 Å². The van der Waals surface area contributed by atoms with Crippen LogP contribution in [0.25, 0.3) is 0 Å². The van der Waals surface area contributed by atoms with Gasteiger partial charge in [-0.15, -0.1) is 0 Å². The molecule has 12 amide bonds. The van der Waals surface area contributed by atoms with Gasteiger partial charge in [-0.05, 0) is 106 Å². The number of ketones is 2. The topological polar surface area (TPSA) is 349 Å². The van der Waals surface area contributed by atoms with Gasteiger partial charge in [-0.25, -0.2) is 0 Å². The van der Waals surface area contributed by atoms with Crippen molar-refractivity contribution in [3.8, 4) is 5.75 Å². The molecule has 4 fully saturated rings. The Morgan fingerprint density at radius 3 is 1.91 bits per heavy atom. The Morgan fingerprint density at radius 2 is 1.33 bits per heavy atom. The zero-order valence-electron chi connectivity index (χ0n) is 68.4. The highest BCUT2D eigenvalue weighted by molar-refractivity contribution is 6.29. The first-order valence-corrected chi connectivity index (χ1v) is 39.2. The van der Waals surface area contributed by atoms with Gasteiger partial charge < -0.3 is 74.3 Å². The number of esters is 1. The fourth-order valence-electron chi connectivity index (χ4n) is 16.8. The van der Waals surface area contributed by atoms with Crippen LogP contribution in [-0.4, -0.2) is 295 Å². The molecule has 114 heavy (non-hydrogen) atoms. The molecule has 2 aromatic carbocycles. The maximum Gasteiger partial charge on any atom is 0.419 e. The maximum atomic E-state index is 15.9. The lowest BCUT2D eigenvalue weighted by molar-refractivity contribution is -0.161. The number of aryl methyl sites for hydroxylation is 1. The zero-order valence-corrected chi connectivity index (χ0v) is 68.4. The van der Waals surface area contributed by atoms with Gasteiger partial charge in [-0.2, -0.15) is 13.2 Å². The molecule has 626 valence electrons. The lowest BCUT2D eigenvalue weighted by atomic mass is 9.58. The van der Waals surface area contributed by atoms with Crippen molar-refractivity contribution in [3.63, 3.8) is 0 Å². The molecule has 2 bridgehead atoms. The first kappa shape index (κ1) is 89.7. The van der Waals surface area contributed by atoms with E-state index in [1.54, 1.807) is 32.9 Å². The number of nitrogens with one attached hydrogen (secondary N) is 3. The maximum absolute atomic E-state index is 15.9. The van der Waals surface area contributed by atoms with Crippen molar-refractivity contribution in [1.82, 2.24) is 60.0 Å². The highest BCUT2D eigenvalue weighted by atomic mass is 19.4. The van der Waals surface area contributed by atoms with Crippen molar-refractivity contribution >= 4 is 88.4 Å². The van der Waals surface area contributed by atoms with Crippen LogP contribution in [0.2, 0.25) is 0 Å². The number of methoxy groups -OCH3 is 1. The minimum absolute atomic E-state index is 0.0288. The van der Waals surface area contributed by atoms with E-state index in [-0.39, 0.29) is 93.7 Å². The minimum Gasteiger partial charge on any atom is -0.496 e. The molecular weight excluding hydrogens is 1490 g/mol. The van der Waals surface area contributed by atoms with Crippen molar-refractivity contribution in [1.29, 1.82) is 0 Å². The molecule has 2 unspecified atom stereocenters. The molecular formula is C81H113F3N12O18. The van der Waals surface area contributed by atoms with Gasteiger partial charge in [0.1, 0.15) is 59.6 Å². The number of rotatable bonds is 15. The molecule has 2 aromatic rings. The molecule has 10 atom stereocenters. The summed E-state index contributed by atoms with van der Waals surface area (Å²) in [5.74, 6) is -14.8.